The maximum absolute atomic E-state index is 8.95. The number of nitriles is 1. The minimum Gasteiger partial charge on any atom is -0.372 e. The van der Waals surface area contributed by atoms with Gasteiger partial charge in [0.1, 0.15) is 0 Å². The molecule has 0 saturated heterocycles. The quantitative estimate of drug-likeness (QED) is 0.878. The SMILES string of the molecule is CCN(CC)c1ccc(Nc2ccc(C#N)c(C)c2)cc1. The number of benzene rings is 2. The van der Waals surface area contributed by atoms with Crippen molar-refractivity contribution in [2.24, 2.45) is 0 Å². The first-order chi connectivity index (χ1) is 10.2. The summed E-state index contributed by atoms with van der Waals surface area (Å²) in [5, 5.41) is 12.3. The van der Waals surface area contributed by atoms with E-state index < -0.39 is 0 Å². The molecule has 2 aromatic carbocycles. The standard InChI is InChI=1S/C18H21N3/c1-4-21(5-2)18-10-8-16(9-11-18)20-17-7-6-15(13-19)14(3)12-17/h6-12,20H,4-5H2,1-3H3. The number of nitrogens with zero attached hydrogens (tertiary/aromatic N) is 2. The smallest absolute Gasteiger partial charge is 0.0994 e. The zero-order valence-corrected chi connectivity index (χ0v) is 12.9. The van der Waals surface area contributed by atoms with Crippen molar-refractivity contribution in [1.29, 1.82) is 5.26 Å². The van der Waals surface area contributed by atoms with E-state index in [-0.39, 0.29) is 0 Å². The molecule has 2 rings (SSSR count). The summed E-state index contributed by atoms with van der Waals surface area (Å²) in [4.78, 5) is 2.32. The Balaban J connectivity index is 2.13. The second kappa shape index (κ2) is 6.81. The fraction of sp³-hybridized carbons (Fsp3) is 0.278. The molecule has 0 atom stereocenters. The van der Waals surface area contributed by atoms with Gasteiger partial charge in [0.25, 0.3) is 0 Å². The third-order valence-electron chi connectivity index (χ3n) is 3.63. The average Bonchev–Trinajstić information content (AvgIpc) is 2.50. The second-order valence-electron chi connectivity index (χ2n) is 4.99. The van der Waals surface area contributed by atoms with Gasteiger partial charge in [-0.05, 0) is 68.8 Å². The van der Waals surface area contributed by atoms with Gasteiger partial charge in [0, 0.05) is 30.2 Å². The predicted molar refractivity (Wildman–Crippen MR) is 89.2 cm³/mol. The van der Waals surface area contributed by atoms with Crippen LogP contribution in [0.2, 0.25) is 0 Å². The van der Waals surface area contributed by atoms with Crippen LogP contribution in [0.25, 0.3) is 0 Å². The topological polar surface area (TPSA) is 39.1 Å². The molecule has 0 aromatic heterocycles. The van der Waals surface area contributed by atoms with Crippen molar-refractivity contribution in [2.75, 3.05) is 23.3 Å². The summed E-state index contributed by atoms with van der Waals surface area (Å²) < 4.78 is 0. The molecule has 0 heterocycles. The van der Waals surface area contributed by atoms with Crippen molar-refractivity contribution in [3.8, 4) is 6.07 Å². The second-order valence-corrected chi connectivity index (χ2v) is 4.99. The van der Waals surface area contributed by atoms with Crippen LogP contribution in [0.1, 0.15) is 25.0 Å². The van der Waals surface area contributed by atoms with Crippen LogP contribution in [0.4, 0.5) is 17.1 Å². The van der Waals surface area contributed by atoms with Crippen molar-refractivity contribution in [3.05, 3.63) is 53.6 Å². The number of aryl methyl sites for hydroxylation is 1. The molecule has 0 radical (unpaired) electrons. The van der Waals surface area contributed by atoms with Crippen LogP contribution < -0.4 is 10.2 Å². The summed E-state index contributed by atoms with van der Waals surface area (Å²) in [6.45, 7) is 8.30. The third kappa shape index (κ3) is 3.55. The molecule has 0 spiro atoms. The average molecular weight is 279 g/mol. The minimum absolute atomic E-state index is 0.720. The molecule has 3 heteroatoms. The predicted octanol–water partition coefficient (Wildman–Crippen LogP) is 4.46. The van der Waals surface area contributed by atoms with E-state index in [2.05, 4.69) is 54.4 Å². The highest BCUT2D eigenvalue weighted by Gasteiger charge is 2.03. The Kier molecular flexibility index (Phi) is 4.84. The molecule has 0 aliphatic heterocycles. The van der Waals surface area contributed by atoms with Gasteiger partial charge < -0.3 is 10.2 Å². The van der Waals surface area contributed by atoms with E-state index >= 15 is 0 Å². The monoisotopic (exact) mass is 279 g/mol. The molecule has 1 N–H and O–H groups in total. The van der Waals surface area contributed by atoms with Gasteiger partial charge >= 0.3 is 0 Å². The Bertz CT molecular complexity index is 635. The van der Waals surface area contributed by atoms with E-state index in [0.29, 0.717) is 0 Å². The highest BCUT2D eigenvalue weighted by molar-refractivity contribution is 5.64. The first-order valence-corrected chi connectivity index (χ1v) is 7.30. The molecule has 2 aromatic rings. The number of rotatable bonds is 5. The lowest BCUT2D eigenvalue weighted by Crippen LogP contribution is -2.21. The van der Waals surface area contributed by atoms with E-state index in [1.54, 1.807) is 0 Å². The molecule has 108 valence electrons. The molecule has 21 heavy (non-hydrogen) atoms. The van der Waals surface area contributed by atoms with Crippen LogP contribution in [0, 0.1) is 18.3 Å². The van der Waals surface area contributed by atoms with Gasteiger partial charge in [-0.2, -0.15) is 5.26 Å². The van der Waals surface area contributed by atoms with Gasteiger partial charge in [0.05, 0.1) is 11.6 Å². The van der Waals surface area contributed by atoms with Crippen molar-refractivity contribution in [2.45, 2.75) is 20.8 Å². The van der Waals surface area contributed by atoms with Crippen LogP contribution in [0.3, 0.4) is 0 Å². The lowest BCUT2D eigenvalue weighted by molar-refractivity contribution is 0.866. The highest BCUT2D eigenvalue weighted by atomic mass is 15.1. The molecule has 3 nitrogen and oxygen atoms in total. The number of nitrogens with one attached hydrogen (secondary N) is 1. The Morgan fingerprint density at radius 1 is 1.00 bits per heavy atom. The normalized spacial score (nSPS) is 10.0. The molecule has 0 aliphatic rings. The zero-order chi connectivity index (χ0) is 15.2. The Labute approximate surface area is 126 Å². The van der Waals surface area contributed by atoms with Crippen molar-refractivity contribution in [3.63, 3.8) is 0 Å². The fourth-order valence-electron chi connectivity index (χ4n) is 2.38. The van der Waals surface area contributed by atoms with Crippen LogP contribution in [0.15, 0.2) is 42.5 Å². The lowest BCUT2D eigenvalue weighted by Gasteiger charge is -2.21. The molecule has 0 saturated carbocycles. The third-order valence-corrected chi connectivity index (χ3v) is 3.63. The summed E-state index contributed by atoms with van der Waals surface area (Å²) in [5.74, 6) is 0. The van der Waals surface area contributed by atoms with Gasteiger partial charge in [0.15, 0.2) is 0 Å². The van der Waals surface area contributed by atoms with Gasteiger partial charge in [0.2, 0.25) is 0 Å². The van der Waals surface area contributed by atoms with Crippen molar-refractivity contribution >= 4 is 17.1 Å². The highest BCUT2D eigenvalue weighted by Crippen LogP contribution is 2.22. The maximum Gasteiger partial charge on any atom is 0.0994 e. The van der Waals surface area contributed by atoms with E-state index in [4.69, 9.17) is 5.26 Å². The largest absolute Gasteiger partial charge is 0.372 e. The zero-order valence-electron chi connectivity index (χ0n) is 12.9. The fourth-order valence-corrected chi connectivity index (χ4v) is 2.38. The van der Waals surface area contributed by atoms with Gasteiger partial charge in [-0.1, -0.05) is 0 Å². The maximum atomic E-state index is 8.95. The molecule has 0 bridgehead atoms. The first kappa shape index (κ1) is 14.9. The summed E-state index contributed by atoms with van der Waals surface area (Å²) in [7, 11) is 0. The molecule has 0 amide bonds. The molecule has 0 aliphatic carbocycles. The molecular weight excluding hydrogens is 258 g/mol. The molecule has 0 unspecified atom stereocenters. The molecular formula is C18H21N3. The number of hydrogen-bond donors (Lipinski definition) is 1. The Hall–Kier alpha value is -2.47. The Morgan fingerprint density at radius 2 is 1.62 bits per heavy atom. The van der Waals surface area contributed by atoms with E-state index in [1.807, 2.05) is 25.1 Å². The van der Waals surface area contributed by atoms with Crippen LogP contribution in [-0.2, 0) is 0 Å². The first-order valence-electron chi connectivity index (χ1n) is 7.30. The van der Waals surface area contributed by atoms with E-state index in [9.17, 15) is 0 Å². The summed E-state index contributed by atoms with van der Waals surface area (Å²) in [5.41, 5.74) is 5.00. The number of anilines is 3. The molecule has 0 fully saturated rings. The van der Waals surface area contributed by atoms with Crippen molar-refractivity contribution in [1.82, 2.24) is 0 Å². The van der Waals surface area contributed by atoms with E-state index in [1.165, 1.54) is 5.69 Å². The van der Waals surface area contributed by atoms with Gasteiger partial charge in [-0.25, -0.2) is 0 Å². The summed E-state index contributed by atoms with van der Waals surface area (Å²) in [6.07, 6.45) is 0. The number of hydrogen-bond acceptors (Lipinski definition) is 3. The van der Waals surface area contributed by atoms with Gasteiger partial charge in [-0.3, -0.25) is 0 Å². The van der Waals surface area contributed by atoms with Gasteiger partial charge in [-0.15, -0.1) is 0 Å². The van der Waals surface area contributed by atoms with Crippen LogP contribution in [0.5, 0.6) is 0 Å². The summed E-state index contributed by atoms with van der Waals surface area (Å²) in [6, 6.07) is 16.4. The Morgan fingerprint density at radius 3 is 2.14 bits per heavy atom. The van der Waals surface area contributed by atoms with E-state index in [0.717, 1.165) is 35.6 Å². The van der Waals surface area contributed by atoms with Crippen molar-refractivity contribution < 1.29 is 0 Å². The van der Waals surface area contributed by atoms with Crippen LogP contribution in [-0.4, -0.2) is 13.1 Å². The minimum atomic E-state index is 0.720. The van der Waals surface area contributed by atoms with Crippen LogP contribution >= 0.6 is 0 Å². The lowest BCUT2D eigenvalue weighted by atomic mass is 10.1. The summed E-state index contributed by atoms with van der Waals surface area (Å²) >= 11 is 0.